The van der Waals surface area contributed by atoms with Crippen molar-refractivity contribution in [2.45, 2.75) is 69.9 Å². The second-order valence-electron chi connectivity index (χ2n) is 8.58. The van der Waals surface area contributed by atoms with Crippen molar-refractivity contribution < 1.29 is 22.7 Å². The molecule has 2 aliphatic rings. The largest absolute Gasteiger partial charge is 0.469 e. The number of rotatable bonds is 5. The summed E-state index contributed by atoms with van der Waals surface area (Å²) in [6, 6.07) is 7.02. The summed E-state index contributed by atoms with van der Waals surface area (Å²) in [5.41, 5.74) is -0.776. The number of ether oxygens (including phenoxy) is 1. The minimum atomic E-state index is -2.50. The van der Waals surface area contributed by atoms with E-state index in [1.807, 2.05) is 0 Å². The van der Waals surface area contributed by atoms with Crippen LogP contribution in [-0.2, 0) is 9.22 Å². The summed E-state index contributed by atoms with van der Waals surface area (Å²) >= 11 is 0. The number of fused-ring (bicyclic) bond motifs is 1. The first-order valence-electron chi connectivity index (χ1n) is 9.82. The minimum Gasteiger partial charge on any atom is -0.469 e. The molecule has 0 fully saturated rings. The molecule has 1 heterocycles. The zero-order chi connectivity index (χ0) is 20.9. The normalized spacial score (nSPS) is 21.2. The van der Waals surface area contributed by atoms with Gasteiger partial charge in [0.15, 0.2) is 17.4 Å². The molecular weight excluding hydrogens is 378 g/mol. The molecule has 0 bridgehead atoms. The summed E-state index contributed by atoms with van der Waals surface area (Å²) in [5, 5.41) is 0. The van der Waals surface area contributed by atoms with Gasteiger partial charge >= 0.3 is 0 Å². The van der Waals surface area contributed by atoms with Crippen molar-refractivity contribution in [2.75, 3.05) is 0 Å². The lowest BCUT2D eigenvalue weighted by Crippen LogP contribution is -2.53. The predicted molar refractivity (Wildman–Crippen MR) is 108 cm³/mol. The Morgan fingerprint density at radius 2 is 1.46 bits per heavy atom. The molecular formula is C22H28F2O3Si. The standard InChI is InChI=1S/C22H28F2O3Si/c1-13(2)28(14(3)4,15(5)6)27-21-17-9-7-8-10-18(17)26-22(21)19(23)11-16(25)12-20(22)24/h7-15,21H,1-6H3/t21-/m0/s1. The Balaban J connectivity index is 2.21. The molecule has 152 valence electrons. The SMILES string of the molecule is CC(C)[Si](O[C@H]1c2ccccc2OC12C(F)=CC(=O)C=C2F)(C(C)C)C(C)C. The first kappa shape index (κ1) is 20.9. The van der Waals surface area contributed by atoms with Gasteiger partial charge in [-0.15, -0.1) is 0 Å². The number of carbonyl (C=O) groups excluding carboxylic acids is 1. The number of ketones is 1. The van der Waals surface area contributed by atoms with E-state index in [1.54, 1.807) is 24.3 Å². The molecule has 3 nitrogen and oxygen atoms in total. The molecule has 3 rings (SSSR count). The summed E-state index contributed by atoms with van der Waals surface area (Å²) < 4.78 is 43.1. The van der Waals surface area contributed by atoms with E-state index in [-0.39, 0.29) is 16.6 Å². The fourth-order valence-electron chi connectivity index (χ4n) is 4.96. The van der Waals surface area contributed by atoms with E-state index in [4.69, 9.17) is 9.16 Å². The average Bonchev–Trinajstić information content (AvgIpc) is 2.92. The van der Waals surface area contributed by atoms with Gasteiger partial charge in [0.25, 0.3) is 0 Å². The van der Waals surface area contributed by atoms with Gasteiger partial charge in [-0.3, -0.25) is 4.79 Å². The van der Waals surface area contributed by atoms with Crippen LogP contribution in [-0.4, -0.2) is 19.7 Å². The van der Waals surface area contributed by atoms with E-state index in [0.29, 0.717) is 11.3 Å². The summed E-state index contributed by atoms with van der Waals surface area (Å²) in [7, 11) is -2.50. The minimum absolute atomic E-state index is 0.224. The molecule has 0 radical (unpaired) electrons. The summed E-state index contributed by atoms with van der Waals surface area (Å²) in [6.07, 6.45) is 0.617. The molecule has 1 aliphatic heterocycles. The van der Waals surface area contributed by atoms with Crippen LogP contribution in [0, 0.1) is 0 Å². The fourth-order valence-corrected chi connectivity index (χ4v) is 10.5. The lowest BCUT2D eigenvalue weighted by molar-refractivity contribution is -0.111. The lowest BCUT2D eigenvalue weighted by Gasteiger charge is -2.46. The lowest BCUT2D eigenvalue weighted by atomic mass is 9.87. The van der Waals surface area contributed by atoms with Crippen LogP contribution >= 0.6 is 0 Å². The molecule has 1 aliphatic carbocycles. The Labute approximate surface area is 166 Å². The number of para-hydroxylation sites is 1. The van der Waals surface area contributed by atoms with Crippen molar-refractivity contribution in [1.29, 1.82) is 0 Å². The van der Waals surface area contributed by atoms with Crippen LogP contribution in [0.5, 0.6) is 5.75 Å². The Morgan fingerprint density at radius 1 is 0.964 bits per heavy atom. The highest BCUT2D eigenvalue weighted by Crippen LogP contribution is 2.57. The van der Waals surface area contributed by atoms with Gasteiger partial charge in [0.1, 0.15) is 11.9 Å². The van der Waals surface area contributed by atoms with Crippen molar-refractivity contribution in [3.05, 3.63) is 53.6 Å². The predicted octanol–water partition coefficient (Wildman–Crippen LogP) is 6.34. The number of allylic oxidation sites excluding steroid dienone is 2. The first-order chi connectivity index (χ1) is 13.1. The van der Waals surface area contributed by atoms with E-state index in [2.05, 4.69) is 41.5 Å². The zero-order valence-electron chi connectivity index (χ0n) is 17.3. The number of hydrogen-bond acceptors (Lipinski definition) is 3. The maximum absolute atomic E-state index is 15.2. The smallest absolute Gasteiger partial charge is 0.240 e. The highest BCUT2D eigenvalue weighted by atomic mass is 28.4. The van der Waals surface area contributed by atoms with Crippen molar-refractivity contribution in [1.82, 2.24) is 0 Å². The van der Waals surface area contributed by atoms with Crippen LogP contribution in [0.1, 0.15) is 53.2 Å². The molecule has 0 amide bonds. The van der Waals surface area contributed by atoms with Gasteiger partial charge in [0.2, 0.25) is 13.9 Å². The monoisotopic (exact) mass is 406 g/mol. The zero-order valence-corrected chi connectivity index (χ0v) is 18.3. The number of hydrogen-bond donors (Lipinski definition) is 0. The molecule has 28 heavy (non-hydrogen) atoms. The van der Waals surface area contributed by atoms with E-state index in [0.717, 1.165) is 12.2 Å². The van der Waals surface area contributed by atoms with Gasteiger partial charge in [0.05, 0.1) is 0 Å². The van der Waals surface area contributed by atoms with E-state index < -0.39 is 37.5 Å². The van der Waals surface area contributed by atoms with Gasteiger partial charge < -0.3 is 9.16 Å². The van der Waals surface area contributed by atoms with Crippen molar-refractivity contribution in [3.63, 3.8) is 0 Å². The molecule has 6 heteroatoms. The molecule has 0 unspecified atom stereocenters. The van der Waals surface area contributed by atoms with E-state index in [1.165, 1.54) is 0 Å². The molecule has 1 aromatic carbocycles. The molecule has 1 spiro atoms. The Bertz CT molecular complexity index is 798. The van der Waals surface area contributed by atoms with Crippen LogP contribution in [0.15, 0.2) is 48.1 Å². The Hall–Kier alpha value is -1.79. The maximum atomic E-state index is 15.2. The van der Waals surface area contributed by atoms with E-state index in [9.17, 15) is 4.79 Å². The van der Waals surface area contributed by atoms with Gasteiger partial charge in [-0.2, -0.15) is 0 Å². The fraction of sp³-hybridized carbons (Fsp3) is 0.500. The second-order valence-corrected chi connectivity index (χ2v) is 14.0. The van der Waals surface area contributed by atoms with E-state index >= 15 is 8.78 Å². The van der Waals surface area contributed by atoms with Crippen LogP contribution in [0.4, 0.5) is 8.78 Å². The third-order valence-electron chi connectivity index (χ3n) is 6.12. The van der Waals surface area contributed by atoms with Crippen molar-refractivity contribution in [2.24, 2.45) is 0 Å². The molecule has 1 aromatic rings. The third kappa shape index (κ3) is 2.89. The molecule has 0 N–H and O–H groups in total. The summed E-state index contributed by atoms with van der Waals surface area (Å²) in [4.78, 5) is 11.7. The molecule has 1 atom stereocenters. The van der Waals surface area contributed by atoms with Gasteiger partial charge in [0, 0.05) is 17.7 Å². The van der Waals surface area contributed by atoms with Crippen molar-refractivity contribution in [3.8, 4) is 5.75 Å². The van der Waals surface area contributed by atoms with Gasteiger partial charge in [-0.25, -0.2) is 8.78 Å². The van der Waals surface area contributed by atoms with Crippen LogP contribution < -0.4 is 4.74 Å². The Morgan fingerprint density at radius 3 is 1.96 bits per heavy atom. The quantitative estimate of drug-likeness (QED) is 0.535. The number of benzene rings is 1. The average molecular weight is 407 g/mol. The summed E-state index contributed by atoms with van der Waals surface area (Å²) in [6.45, 7) is 12.7. The van der Waals surface area contributed by atoms with Crippen LogP contribution in [0.2, 0.25) is 16.6 Å². The third-order valence-corrected chi connectivity index (χ3v) is 12.2. The Kier molecular flexibility index (Phi) is 5.40. The highest BCUT2D eigenvalue weighted by Gasteiger charge is 2.61. The number of carbonyl (C=O) groups is 1. The molecule has 0 saturated heterocycles. The van der Waals surface area contributed by atoms with Gasteiger partial charge in [-0.1, -0.05) is 59.7 Å². The van der Waals surface area contributed by atoms with Crippen LogP contribution in [0.3, 0.4) is 0 Å². The second kappa shape index (κ2) is 7.23. The topological polar surface area (TPSA) is 35.5 Å². The maximum Gasteiger partial charge on any atom is 0.240 e. The van der Waals surface area contributed by atoms with Crippen molar-refractivity contribution >= 4 is 14.1 Å². The molecule has 0 saturated carbocycles. The highest BCUT2D eigenvalue weighted by molar-refractivity contribution is 6.77. The van der Waals surface area contributed by atoms with Gasteiger partial charge in [-0.05, 0) is 22.7 Å². The summed E-state index contributed by atoms with van der Waals surface area (Å²) in [5.74, 6) is -2.23. The molecule has 0 aromatic heterocycles. The number of halogens is 2. The van der Waals surface area contributed by atoms with Crippen LogP contribution in [0.25, 0.3) is 0 Å². The first-order valence-corrected chi connectivity index (χ1v) is 12.0.